The summed E-state index contributed by atoms with van der Waals surface area (Å²) in [6, 6.07) is 3.45. The third-order valence-electron chi connectivity index (χ3n) is 2.86. The van der Waals surface area contributed by atoms with Crippen molar-refractivity contribution in [3.63, 3.8) is 0 Å². The Morgan fingerprint density at radius 1 is 1.32 bits per heavy atom. The number of halogens is 3. The molecule has 10 nitrogen and oxygen atoms in total. The third-order valence-corrected chi connectivity index (χ3v) is 2.86. The fourth-order valence-corrected chi connectivity index (χ4v) is 1.69. The van der Waals surface area contributed by atoms with Gasteiger partial charge in [-0.2, -0.15) is 18.4 Å². The molecule has 1 atom stereocenters. The minimum atomic E-state index is -4.64. The minimum Gasteiger partial charge on any atom is -0.473 e. The highest BCUT2D eigenvalue weighted by Crippen LogP contribution is 2.31. The molecule has 0 aliphatic carbocycles. The van der Waals surface area contributed by atoms with Crippen molar-refractivity contribution in [2.24, 2.45) is 5.73 Å². The van der Waals surface area contributed by atoms with Gasteiger partial charge in [0.05, 0.1) is 6.20 Å². The van der Waals surface area contributed by atoms with Gasteiger partial charge in [0.15, 0.2) is 6.10 Å². The van der Waals surface area contributed by atoms with E-state index in [1.165, 1.54) is 12.5 Å². The summed E-state index contributed by atoms with van der Waals surface area (Å²) in [5.41, 5.74) is 4.17. The smallest absolute Gasteiger partial charge is 0.433 e. The van der Waals surface area contributed by atoms with Gasteiger partial charge in [0.2, 0.25) is 11.8 Å². The quantitative estimate of drug-likeness (QED) is 0.623. The molecular weight excluding hydrogens is 389 g/mol. The Bertz CT molecular complexity index is 836. The van der Waals surface area contributed by atoms with Crippen LogP contribution in [-0.4, -0.2) is 38.7 Å². The molecule has 13 heteroatoms. The van der Waals surface area contributed by atoms with E-state index in [0.29, 0.717) is 6.07 Å². The first-order valence-electron chi connectivity index (χ1n) is 7.30. The van der Waals surface area contributed by atoms with Crippen molar-refractivity contribution < 1.29 is 42.1 Å². The molecule has 2 heterocycles. The average Bonchev–Trinajstić information content (AvgIpc) is 3.15. The maximum Gasteiger partial charge on any atom is 0.433 e. The van der Waals surface area contributed by atoms with Crippen molar-refractivity contribution in [3.05, 3.63) is 41.7 Å². The Morgan fingerprint density at radius 3 is 2.39 bits per heavy atom. The molecule has 0 spiro atoms. The van der Waals surface area contributed by atoms with E-state index in [4.69, 9.17) is 40.0 Å². The number of hydrogen-bond acceptors (Lipinski definition) is 8. The predicted molar refractivity (Wildman–Crippen MR) is 82.8 cm³/mol. The number of alkyl halides is 3. The number of ether oxygens (including phenoxy) is 1. The van der Waals surface area contributed by atoms with Crippen molar-refractivity contribution in [1.82, 2.24) is 9.97 Å². The van der Waals surface area contributed by atoms with E-state index in [1.807, 2.05) is 0 Å². The lowest BCUT2D eigenvalue weighted by Gasteiger charge is -2.16. The van der Waals surface area contributed by atoms with E-state index in [-0.39, 0.29) is 24.4 Å². The van der Waals surface area contributed by atoms with Crippen molar-refractivity contribution in [2.45, 2.75) is 18.7 Å². The second-order valence-corrected chi connectivity index (χ2v) is 4.82. The van der Waals surface area contributed by atoms with Crippen LogP contribution in [0, 0.1) is 11.3 Å². The molecule has 150 valence electrons. The molecule has 0 fully saturated rings. The molecule has 0 amide bonds. The van der Waals surface area contributed by atoms with Crippen molar-refractivity contribution in [1.29, 1.82) is 5.26 Å². The summed E-state index contributed by atoms with van der Waals surface area (Å²) < 4.78 is 48.6. The number of nitriles is 1. The molecule has 0 saturated carbocycles. The highest BCUT2D eigenvalue weighted by atomic mass is 19.4. The second-order valence-electron chi connectivity index (χ2n) is 4.82. The van der Waals surface area contributed by atoms with Crippen LogP contribution in [0.3, 0.4) is 0 Å². The van der Waals surface area contributed by atoms with Gasteiger partial charge in [-0.15, -0.1) is 0 Å². The lowest BCUT2D eigenvalue weighted by Crippen LogP contribution is -2.16. The minimum absolute atomic E-state index is 0.124. The van der Waals surface area contributed by atoms with Gasteiger partial charge in [0.1, 0.15) is 23.6 Å². The number of hydrogen-bond donors (Lipinski definition) is 3. The number of carboxylic acids is 2. The van der Waals surface area contributed by atoms with Gasteiger partial charge >= 0.3 is 18.1 Å². The van der Waals surface area contributed by atoms with Gasteiger partial charge in [0, 0.05) is 6.42 Å². The Morgan fingerprint density at radius 2 is 1.96 bits per heavy atom. The SMILES string of the molecule is N#Cc1ccc(C(F)(F)F)nc1O[C@H](CCN)c1ncco1.O=C(O)C(=O)O. The molecule has 28 heavy (non-hydrogen) atoms. The fraction of sp³-hybridized carbons (Fsp3) is 0.267. The monoisotopic (exact) mass is 402 g/mol. The van der Waals surface area contributed by atoms with Crippen molar-refractivity contribution in [3.8, 4) is 11.9 Å². The van der Waals surface area contributed by atoms with Crippen LogP contribution in [0.4, 0.5) is 13.2 Å². The molecule has 0 aliphatic heterocycles. The Labute approximate surface area is 155 Å². The largest absolute Gasteiger partial charge is 0.473 e. The summed E-state index contributed by atoms with van der Waals surface area (Å²) in [5, 5.41) is 23.8. The third kappa shape index (κ3) is 6.57. The maximum atomic E-state index is 12.7. The number of carboxylic acid groups (broad SMARTS) is 2. The molecular formula is C15H13F3N4O6. The molecule has 0 bridgehead atoms. The maximum absolute atomic E-state index is 12.7. The highest BCUT2D eigenvalue weighted by Gasteiger charge is 2.34. The van der Waals surface area contributed by atoms with E-state index < -0.39 is 35.8 Å². The van der Waals surface area contributed by atoms with E-state index >= 15 is 0 Å². The first kappa shape index (κ1) is 22.4. The van der Waals surface area contributed by atoms with E-state index in [1.54, 1.807) is 6.07 Å². The first-order chi connectivity index (χ1) is 13.1. The van der Waals surface area contributed by atoms with Gasteiger partial charge in [-0.05, 0) is 18.7 Å². The van der Waals surface area contributed by atoms with E-state index in [9.17, 15) is 13.2 Å². The van der Waals surface area contributed by atoms with Crippen LogP contribution >= 0.6 is 0 Å². The molecule has 4 N–H and O–H groups in total. The predicted octanol–water partition coefficient (Wildman–Crippen LogP) is 1.58. The van der Waals surface area contributed by atoms with Gasteiger partial charge in [0.25, 0.3) is 0 Å². The molecule has 0 aliphatic rings. The number of oxazole rings is 1. The normalized spacial score (nSPS) is 11.5. The van der Waals surface area contributed by atoms with Crippen LogP contribution in [-0.2, 0) is 15.8 Å². The van der Waals surface area contributed by atoms with Gasteiger partial charge in [-0.25, -0.2) is 19.6 Å². The summed E-state index contributed by atoms with van der Waals surface area (Å²) in [4.78, 5) is 25.4. The van der Waals surface area contributed by atoms with E-state index in [2.05, 4.69) is 9.97 Å². The zero-order valence-electron chi connectivity index (χ0n) is 13.9. The number of rotatable bonds is 5. The van der Waals surface area contributed by atoms with Crippen LogP contribution in [0.15, 0.2) is 29.0 Å². The summed E-state index contributed by atoms with van der Waals surface area (Å²) in [6.45, 7) is 0.188. The number of nitrogens with two attached hydrogens (primary N) is 1. The zero-order valence-corrected chi connectivity index (χ0v) is 13.9. The number of nitrogens with zero attached hydrogens (tertiary/aromatic N) is 3. The van der Waals surface area contributed by atoms with Crippen LogP contribution in [0.2, 0.25) is 0 Å². The standard InChI is InChI=1S/C13H11F3N4O2.C2H2O4/c14-13(15,16)10-2-1-8(7-18)11(20-10)22-9(3-4-17)12-19-5-6-21-12;3-1(4)2(5)6/h1-2,5-6,9H,3-4,17H2;(H,3,4)(H,5,6)/t9-;/m1./s1. The van der Waals surface area contributed by atoms with Gasteiger partial charge in [-0.3, -0.25) is 0 Å². The molecule has 0 aromatic carbocycles. The number of aromatic nitrogens is 2. The Hall–Kier alpha value is -3.66. The van der Waals surface area contributed by atoms with Crippen LogP contribution < -0.4 is 10.5 Å². The highest BCUT2D eigenvalue weighted by molar-refractivity contribution is 6.27. The van der Waals surface area contributed by atoms with Crippen LogP contribution in [0.1, 0.15) is 29.7 Å². The summed E-state index contributed by atoms with van der Waals surface area (Å²) in [5.74, 6) is -3.94. The molecule has 2 aromatic heterocycles. The van der Waals surface area contributed by atoms with E-state index in [0.717, 1.165) is 6.07 Å². The van der Waals surface area contributed by atoms with Crippen LogP contribution in [0.25, 0.3) is 0 Å². The Balaban J connectivity index is 0.000000568. The Kier molecular flexibility index (Phi) is 7.90. The average molecular weight is 402 g/mol. The number of carbonyl (C=O) groups is 2. The molecule has 0 saturated heterocycles. The molecule has 0 unspecified atom stereocenters. The van der Waals surface area contributed by atoms with Crippen molar-refractivity contribution in [2.75, 3.05) is 6.54 Å². The summed E-state index contributed by atoms with van der Waals surface area (Å²) in [7, 11) is 0. The van der Waals surface area contributed by atoms with Gasteiger partial charge < -0.3 is 25.1 Å². The first-order valence-corrected chi connectivity index (χ1v) is 7.30. The molecule has 2 aromatic rings. The number of aliphatic carboxylic acids is 2. The zero-order chi connectivity index (χ0) is 21.3. The summed E-state index contributed by atoms with van der Waals surface area (Å²) >= 11 is 0. The number of pyridine rings is 1. The van der Waals surface area contributed by atoms with Crippen molar-refractivity contribution >= 4 is 11.9 Å². The van der Waals surface area contributed by atoms with Gasteiger partial charge in [-0.1, -0.05) is 0 Å². The lowest BCUT2D eigenvalue weighted by molar-refractivity contribution is -0.159. The molecule has 2 rings (SSSR count). The molecule has 0 radical (unpaired) electrons. The lowest BCUT2D eigenvalue weighted by atomic mass is 10.2. The van der Waals surface area contributed by atoms with Crippen LogP contribution in [0.5, 0.6) is 5.88 Å². The second kappa shape index (κ2) is 9.88. The fourth-order valence-electron chi connectivity index (χ4n) is 1.69. The summed E-state index contributed by atoms with van der Waals surface area (Å²) in [6.07, 6.45) is -2.56. The topological polar surface area (TPSA) is 173 Å².